The zero-order chi connectivity index (χ0) is 31.0. The molecule has 0 saturated heterocycles. The van der Waals surface area contributed by atoms with Gasteiger partial charge in [-0.1, -0.05) is 11.6 Å². The Labute approximate surface area is 234 Å². The fraction of sp³-hybridized carbons (Fsp3) is 0.192. The Bertz CT molecular complexity index is 1820. The van der Waals surface area contributed by atoms with Crippen molar-refractivity contribution in [1.29, 1.82) is 0 Å². The number of aromatic nitrogens is 2. The van der Waals surface area contributed by atoms with Gasteiger partial charge in [-0.3, -0.25) is 14.3 Å². The third-order valence-corrected chi connectivity index (χ3v) is 7.14. The summed E-state index contributed by atoms with van der Waals surface area (Å²) in [5.41, 5.74) is -0.905. The van der Waals surface area contributed by atoms with Crippen molar-refractivity contribution in [3.8, 4) is 11.1 Å². The molecule has 7 nitrogen and oxygen atoms in total. The molecule has 5 rings (SSSR count). The first-order valence-corrected chi connectivity index (χ1v) is 12.0. The van der Waals surface area contributed by atoms with Crippen molar-refractivity contribution in [2.75, 3.05) is 0 Å². The number of fused-ring (bicyclic) bond motifs is 3. The molecule has 220 valence electrons. The number of rotatable bonds is 4. The van der Waals surface area contributed by atoms with Crippen molar-refractivity contribution in [3.05, 3.63) is 86.6 Å². The molecule has 4 aromatic rings. The van der Waals surface area contributed by atoms with Gasteiger partial charge in [-0.2, -0.15) is 31.4 Å². The monoisotopic (exact) mass is 618 g/mol. The third kappa shape index (κ3) is 4.61. The van der Waals surface area contributed by atoms with Gasteiger partial charge in [0, 0.05) is 34.1 Å². The third-order valence-electron chi connectivity index (χ3n) is 6.80. The molecule has 0 bridgehead atoms. The number of benzene rings is 3. The summed E-state index contributed by atoms with van der Waals surface area (Å²) in [5.74, 6) is -5.03. The molecule has 1 aromatic heterocycles. The number of primary amides is 1. The van der Waals surface area contributed by atoms with E-state index in [2.05, 4.69) is 10.4 Å². The molecule has 0 fully saturated rings. The number of nitrogens with two attached hydrogens (primary N) is 1. The van der Waals surface area contributed by atoms with E-state index < -0.39 is 92.4 Å². The molecule has 42 heavy (non-hydrogen) atoms. The standard InChI is InChI=1S/C26H15ClF8N4O3/c1-39-21(22(40)26(33,34)35)13-7-11(16-12(23(36)41)4-8(5-15(16)29)25(30,31)32)17-18(20(13)38-39)24(42)37-19(17)10-6-9(28)2-3-14(10)27/h2-7,19,22,40H,1H3,(H2,36,41)(H,37,42). The molecular formula is C26H15ClF8N4O3. The van der Waals surface area contributed by atoms with Crippen molar-refractivity contribution >= 4 is 34.3 Å². The highest BCUT2D eigenvalue weighted by atomic mass is 35.5. The van der Waals surface area contributed by atoms with Gasteiger partial charge in [0.25, 0.3) is 5.91 Å². The maximum atomic E-state index is 15.6. The average Bonchev–Trinajstić information content (AvgIpc) is 3.39. The predicted octanol–water partition coefficient (Wildman–Crippen LogP) is 5.72. The van der Waals surface area contributed by atoms with Gasteiger partial charge in [0.2, 0.25) is 5.91 Å². The second kappa shape index (κ2) is 9.66. The highest BCUT2D eigenvalue weighted by molar-refractivity contribution is 6.31. The maximum absolute atomic E-state index is 15.6. The minimum atomic E-state index is -5.24. The fourth-order valence-electron chi connectivity index (χ4n) is 5.06. The Kier molecular flexibility index (Phi) is 6.73. The van der Waals surface area contributed by atoms with Gasteiger partial charge in [0.1, 0.15) is 17.2 Å². The minimum absolute atomic E-state index is 0.0431. The number of aliphatic hydroxyl groups excluding tert-OH is 1. The normalized spacial score (nSPS) is 16.1. The molecule has 4 N–H and O–H groups in total. The number of carbonyl (C=O) groups excluding carboxylic acids is 2. The summed E-state index contributed by atoms with van der Waals surface area (Å²) >= 11 is 6.24. The quantitative estimate of drug-likeness (QED) is 0.254. The van der Waals surface area contributed by atoms with Gasteiger partial charge in [0.15, 0.2) is 6.10 Å². The van der Waals surface area contributed by atoms with E-state index in [1.807, 2.05) is 0 Å². The van der Waals surface area contributed by atoms with E-state index in [1.165, 1.54) is 0 Å². The first-order valence-electron chi connectivity index (χ1n) is 11.7. The van der Waals surface area contributed by atoms with Crippen LogP contribution in [-0.2, 0) is 13.2 Å². The van der Waals surface area contributed by atoms with Crippen LogP contribution in [0.15, 0.2) is 36.4 Å². The summed E-state index contributed by atoms with van der Waals surface area (Å²) in [6.45, 7) is 0. The molecule has 0 radical (unpaired) electrons. The lowest BCUT2D eigenvalue weighted by Crippen LogP contribution is -2.23. The summed E-state index contributed by atoms with van der Waals surface area (Å²) in [4.78, 5) is 25.6. The van der Waals surface area contributed by atoms with E-state index in [0.29, 0.717) is 4.68 Å². The second-order valence-corrected chi connectivity index (χ2v) is 9.78. The number of amides is 2. The largest absolute Gasteiger partial charge is 0.420 e. The van der Waals surface area contributed by atoms with Crippen LogP contribution in [0.2, 0.25) is 5.02 Å². The molecule has 1 aliphatic rings. The molecule has 0 aliphatic carbocycles. The highest BCUT2D eigenvalue weighted by Crippen LogP contribution is 2.48. The van der Waals surface area contributed by atoms with Crippen molar-refractivity contribution in [2.24, 2.45) is 12.8 Å². The van der Waals surface area contributed by atoms with E-state index in [4.69, 9.17) is 17.3 Å². The predicted molar refractivity (Wildman–Crippen MR) is 131 cm³/mol. The van der Waals surface area contributed by atoms with E-state index >= 15 is 4.39 Å². The van der Waals surface area contributed by atoms with E-state index in [1.54, 1.807) is 0 Å². The number of aliphatic hydroxyl groups is 1. The lowest BCUT2D eigenvalue weighted by atomic mass is 9.85. The van der Waals surface area contributed by atoms with Crippen LogP contribution in [0.25, 0.3) is 22.0 Å². The Balaban J connectivity index is 1.97. The van der Waals surface area contributed by atoms with Crippen LogP contribution in [0.3, 0.4) is 0 Å². The number of aryl methyl sites for hydroxylation is 1. The number of alkyl halides is 6. The van der Waals surface area contributed by atoms with Crippen LogP contribution in [0.5, 0.6) is 0 Å². The minimum Gasteiger partial charge on any atom is -0.378 e. The van der Waals surface area contributed by atoms with Crippen LogP contribution in [0, 0.1) is 11.6 Å². The van der Waals surface area contributed by atoms with Crippen molar-refractivity contribution in [3.63, 3.8) is 0 Å². The maximum Gasteiger partial charge on any atom is 0.420 e. The number of halogens is 9. The fourth-order valence-corrected chi connectivity index (χ4v) is 5.29. The molecule has 2 atom stereocenters. The van der Waals surface area contributed by atoms with Crippen LogP contribution >= 0.6 is 11.6 Å². The molecule has 2 amide bonds. The van der Waals surface area contributed by atoms with E-state index in [-0.39, 0.29) is 28.3 Å². The Hall–Kier alpha value is -4.24. The van der Waals surface area contributed by atoms with Crippen molar-refractivity contribution in [2.45, 2.75) is 24.5 Å². The topological polar surface area (TPSA) is 110 Å². The molecule has 2 unspecified atom stereocenters. The van der Waals surface area contributed by atoms with Crippen LogP contribution in [-0.4, -0.2) is 32.9 Å². The van der Waals surface area contributed by atoms with Gasteiger partial charge < -0.3 is 16.2 Å². The Morgan fingerprint density at radius 2 is 1.76 bits per heavy atom. The van der Waals surface area contributed by atoms with Gasteiger partial charge in [-0.05, 0) is 42.0 Å². The highest BCUT2D eigenvalue weighted by Gasteiger charge is 2.45. The van der Waals surface area contributed by atoms with E-state index in [0.717, 1.165) is 31.3 Å². The summed E-state index contributed by atoms with van der Waals surface area (Å²) in [6, 6.07) is 2.71. The SMILES string of the molecule is Cn1nc2c3c(c(-c4c(F)cc(C(F)(F)F)cc4C(N)=O)cc2c1C(O)C(F)(F)F)C(c1cc(F)ccc1Cl)NC3=O. The van der Waals surface area contributed by atoms with Crippen molar-refractivity contribution < 1.29 is 49.8 Å². The first-order chi connectivity index (χ1) is 19.4. The molecule has 3 aromatic carbocycles. The van der Waals surface area contributed by atoms with Gasteiger partial charge >= 0.3 is 12.4 Å². The lowest BCUT2D eigenvalue weighted by Gasteiger charge is -2.21. The zero-order valence-corrected chi connectivity index (χ0v) is 21.5. The van der Waals surface area contributed by atoms with Crippen LogP contribution in [0.1, 0.15) is 55.2 Å². The van der Waals surface area contributed by atoms with Crippen LogP contribution in [0.4, 0.5) is 35.1 Å². The van der Waals surface area contributed by atoms with Crippen LogP contribution < -0.4 is 11.1 Å². The second-order valence-electron chi connectivity index (χ2n) is 9.38. The smallest absolute Gasteiger partial charge is 0.378 e. The molecule has 0 spiro atoms. The molecule has 16 heteroatoms. The summed E-state index contributed by atoms with van der Waals surface area (Å²) < 4.78 is 112. The molecule has 0 saturated carbocycles. The Morgan fingerprint density at radius 3 is 2.36 bits per heavy atom. The summed E-state index contributed by atoms with van der Waals surface area (Å²) in [7, 11) is 1.03. The van der Waals surface area contributed by atoms with Crippen molar-refractivity contribution in [1.82, 2.24) is 15.1 Å². The number of hydrogen-bond acceptors (Lipinski definition) is 4. The Morgan fingerprint density at radius 1 is 1.10 bits per heavy atom. The number of hydrogen-bond donors (Lipinski definition) is 3. The number of nitrogens with one attached hydrogen (secondary N) is 1. The number of nitrogens with zero attached hydrogens (tertiary/aromatic N) is 2. The van der Waals surface area contributed by atoms with Gasteiger partial charge in [-0.25, -0.2) is 8.78 Å². The zero-order valence-electron chi connectivity index (χ0n) is 20.8. The average molecular weight is 619 g/mol. The molecular weight excluding hydrogens is 604 g/mol. The van der Waals surface area contributed by atoms with Gasteiger partial charge in [-0.15, -0.1) is 0 Å². The molecule has 1 aliphatic heterocycles. The summed E-state index contributed by atoms with van der Waals surface area (Å²) in [6.07, 6.45) is -13.5. The van der Waals surface area contributed by atoms with Gasteiger partial charge in [0.05, 0.1) is 28.4 Å². The summed E-state index contributed by atoms with van der Waals surface area (Å²) in [5, 5.41) is 15.9. The lowest BCUT2D eigenvalue weighted by molar-refractivity contribution is -0.208. The first kappa shape index (κ1) is 29.3. The van der Waals surface area contributed by atoms with E-state index in [9.17, 15) is 45.4 Å². The number of carbonyl (C=O) groups is 2. The molecule has 2 heterocycles.